The number of nitrogen functional groups attached to an aromatic ring is 1. The average Bonchev–Trinajstić information content (AvgIpc) is 2.58. The Hall–Kier alpha value is -1.19. The predicted octanol–water partition coefficient (Wildman–Crippen LogP) is 3.36. The molecule has 4 nitrogen and oxygen atoms in total. The van der Waals surface area contributed by atoms with E-state index in [1.54, 1.807) is 0 Å². The fourth-order valence-electron chi connectivity index (χ4n) is 2.49. The number of aryl methyl sites for hydroxylation is 1. The quantitative estimate of drug-likeness (QED) is 0.816. The molecule has 1 aromatic rings. The maximum atomic E-state index is 6.19. The zero-order valence-corrected chi connectivity index (χ0v) is 12.6. The van der Waals surface area contributed by atoms with Gasteiger partial charge in [-0.1, -0.05) is 40.5 Å². The lowest BCUT2D eigenvalue weighted by atomic mass is 9.95. The molecule has 0 amide bonds. The molecule has 0 bridgehead atoms. The van der Waals surface area contributed by atoms with Crippen LogP contribution in [-0.2, 0) is 7.05 Å². The Kier molecular flexibility index (Phi) is 5.05. The third-order valence-corrected chi connectivity index (χ3v) is 3.78. The van der Waals surface area contributed by atoms with Crippen molar-refractivity contribution in [3.8, 4) is 0 Å². The van der Waals surface area contributed by atoms with E-state index in [9.17, 15) is 0 Å². The lowest BCUT2D eigenvalue weighted by Crippen LogP contribution is -2.26. The van der Waals surface area contributed by atoms with Gasteiger partial charge < -0.3 is 11.1 Å². The van der Waals surface area contributed by atoms with Crippen LogP contribution in [0.3, 0.4) is 0 Å². The summed E-state index contributed by atoms with van der Waals surface area (Å²) in [6.45, 7) is 10.9. The normalized spacial score (nSPS) is 13.3. The van der Waals surface area contributed by atoms with Crippen LogP contribution < -0.4 is 11.1 Å². The van der Waals surface area contributed by atoms with Crippen molar-refractivity contribution in [1.82, 2.24) is 9.78 Å². The Morgan fingerprint density at radius 1 is 1.22 bits per heavy atom. The number of hydrogen-bond acceptors (Lipinski definition) is 3. The summed E-state index contributed by atoms with van der Waals surface area (Å²) >= 11 is 0. The summed E-state index contributed by atoms with van der Waals surface area (Å²) < 4.78 is 1.86. The average molecular weight is 252 g/mol. The van der Waals surface area contributed by atoms with E-state index in [-0.39, 0.29) is 0 Å². The van der Waals surface area contributed by atoms with Crippen molar-refractivity contribution in [3.05, 3.63) is 5.69 Å². The number of hydrogen-bond donors (Lipinski definition) is 2. The van der Waals surface area contributed by atoms with Crippen LogP contribution in [0.4, 0.5) is 11.5 Å². The maximum Gasteiger partial charge on any atom is 0.148 e. The highest BCUT2D eigenvalue weighted by Crippen LogP contribution is 2.29. The Labute approximate surface area is 111 Å². The molecule has 0 radical (unpaired) electrons. The summed E-state index contributed by atoms with van der Waals surface area (Å²) in [5.41, 5.74) is 7.97. The van der Waals surface area contributed by atoms with Crippen LogP contribution in [0.2, 0.25) is 0 Å². The Morgan fingerprint density at radius 2 is 1.78 bits per heavy atom. The Morgan fingerprint density at radius 3 is 2.17 bits per heavy atom. The number of nitrogens with two attached hydrogens (primary N) is 1. The minimum Gasteiger partial charge on any atom is -0.394 e. The minimum absolute atomic E-state index is 0.357. The second-order valence-corrected chi connectivity index (χ2v) is 5.44. The van der Waals surface area contributed by atoms with E-state index in [4.69, 9.17) is 5.73 Å². The lowest BCUT2D eigenvalue weighted by molar-refractivity contribution is 0.435. The molecule has 18 heavy (non-hydrogen) atoms. The van der Waals surface area contributed by atoms with Crippen LogP contribution in [0.25, 0.3) is 0 Å². The molecule has 0 fully saturated rings. The molecule has 0 aliphatic rings. The van der Waals surface area contributed by atoms with E-state index in [1.165, 1.54) is 12.8 Å². The van der Waals surface area contributed by atoms with E-state index < -0.39 is 0 Å². The Balaban J connectivity index is 2.91. The maximum absolute atomic E-state index is 6.19. The van der Waals surface area contributed by atoms with Crippen LogP contribution in [-0.4, -0.2) is 15.8 Å². The fraction of sp³-hybridized carbons (Fsp3) is 0.786. The van der Waals surface area contributed by atoms with Gasteiger partial charge in [0.05, 0.1) is 11.4 Å². The van der Waals surface area contributed by atoms with Crippen molar-refractivity contribution < 1.29 is 0 Å². The van der Waals surface area contributed by atoms with Crippen LogP contribution >= 0.6 is 0 Å². The number of nitrogens with zero attached hydrogens (tertiary/aromatic N) is 2. The molecule has 0 saturated heterocycles. The fourth-order valence-corrected chi connectivity index (χ4v) is 2.49. The lowest BCUT2D eigenvalue weighted by Gasteiger charge is -2.23. The molecule has 3 N–H and O–H groups in total. The smallest absolute Gasteiger partial charge is 0.148 e. The van der Waals surface area contributed by atoms with E-state index in [1.807, 2.05) is 11.7 Å². The monoisotopic (exact) mass is 252 g/mol. The number of aromatic nitrogens is 2. The van der Waals surface area contributed by atoms with Gasteiger partial charge in [-0.2, -0.15) is 5.10 Å². The van der Waals surface area contributed by atoms with Crippen LogP contribution in [0, 0.1) is 5.92 Å². The number of nitrogens with one attached hydrogen (secondary N) is 1. The van der Waals surface area contributed by atoms with Crippen molar-refractivity contribution in [1.29, 1.82) is 0 Å². The van der Waals surface area contributed by atoms with Gasteiger partial charge in [0, 0.05) is 13.1 Å². The largest absolute Gasteiger partial charge is 0.394 e. The van der Waals surface area contributed by atoms with Crippen molar-refractivity contribution in [3.63, 3.8) is 0 Å². The zero-order valence-electron chi connectivity index (χ0n) is 12.6. The van der Waals surface area contributed by atoms with E-state index in [0.717, 1.165) is 17.2 Å². The summed E-state index contributed by atoms with van der Waals surface area (Å²) in [7, 11) is 1.95. The summed E-state index contributed by atoms with van der Waals surface area (Å²) in [5, 5.41) is 8.03. The van der Waals surface area contributed by atoms with Gasteiger partial charge in [-0.3, -0.25) is 4.68 Å². The van der Waals surface area contributed by atoms with E-state index in [2.05, 4.69) is 45.0 Å². The first-order chi connectivity index (χ1) is 8.42. The molecule has 0 aliphatic carbocycles. The molecule has 0 saturated carbocycles. The van der Waals surface area contributed by atoms with Crippen LogP contribution in [0.15, 0.2) is 0 Å². The first-order valence-corrected chi connectivity index (χ1v) is 7.01. The van der Waals surface area contributed by atoms with Crippen LogP contribution in [0.1, 0.15) is 59.1 Å². The third kappa shape index (κ3) is 2.98. The first-order valence-electron chi connectivity index (χ1n) is 7.01. The van der Waals surface area contributed by atoms with E-state index >= 15 is 0 Å². The molecule has 0 aliphatic heterocycles. The molecule has 1 unspecified atom stereocenters. The van der Waals surface area contributed by atoms with Crippen LogP contribution in [0.5, 0.6) is 0 Å². The van der Waals surface area contributed by atoms with Crippen molar-refractivity contribution in [2.45, 2.75) is 59.4 Å². The summed E-state index contributed by atoms with van der Waals surface area (Å²) in [5.74, 6) is 1.98. The van der Waals surface area contributed by atoms with Crippen molar-refractivity contribution in [2.75, 3.05) is 11.1 Å². The SMILES string of the molecule is CCC(CC)C(C)Nc1c(N)c(C(C)C)nn1C. The van der Waals surface area contributed by atoms with Crippen molar-refractivity contribution in [2.24, 2.45) is 13.0 Å². The molecule has 1 atom stereocenters. The highest BCUT2D eigenvalue weighted by Gasteiger charge is 2.20. The molecular formula is C14H28N4. The summed E-state index contributed by atoms with van der Waals surface area (Å²) in [6, 6.07) is 0.415. The van der Waals surface area contributed by atoms with Gasteiger partial charge in [0.2, 0.25) is 0 Å². The topological polar surface area (TPSA) is 55.9 Å². The van der Waals surface area contributed by atoms with Gasteiger partial charge in [0.1, 0.15) is 5.82 Å². The van der Waals surface area contributed by atoms with Gasteiger partial charge in [0.15, 0.2) is 0 Å². The first kappa shape index (κ1) is 14.9. The van der Waals surface area contributed by atoms with E-state index in [0.29, 0.717) is 17.9 Å². The predicted molar refractivity (Wildman–Crippen MR) is 78.9 cm³/mol. The summed E-state index contributed by atoms with van der Waals surface area (Å²) in [6.07, 6.45) is 2.36. The number of anilines is 2. The molecule has 1 aromatic heterocycles. The third-order valence-electron chi connectivity index (χ3n) is 3.78. The van der Waals surface area contributed by atoms with Gasteiger partial charge in [0.25, 0.3) is 0 Å². The van der Waals surface area contributed by atoms with Gasteiger partial charge in [-0.15, -0.1) is 0 Å². The highest BCUT2D eigenvalue weighted by molar-refractivity contribution is 5.66. The second kappa shape index (κ2) is 6.12. The van der Waals surface area contributed by atoms with Gasteiger partial charge in [-0.05, 0) is 18.8 Å². The van der Waals surface area contributed by atoms with Gasteiger partial charge >= 0.3 is 0 Å². The molecule has 104 valence electrons. The molecule has 0 aromatic carbocycles. The second-order valence-electron chi connectivity index (χ2n) is 5.44. The van der Waals surface area contributed by atoms with Crippen molar-refractivity contribution >= 4 is 11.5 Å². The Bertz CT molecular complexity index is 377. The van der Waals surface area contributed by atoms with Gasteiger partial charge in [-0.25, -0.2) is 0 Å². The highest BCUT2D eigenvalue weighted by atomic mass is 15.3. The standard InChI is InChI=1S/C14H28N4/c1-7-11(8-2)10(5)16-14-12(15)13(9(3)4)17-18(14)6/h9-11,16H,7-8,15H2,1-6H3. The minimum atomic E-state index is 0.357. The molecule has 1 rings (SSSR count). The number of rotatable bonds is 6. The molecular weight excluding hydrogens is 224 g/mol. The summed E-state index contributed by atoms with van der Waals surface area (Å²) in [4.78, 5) is 0. The molecule has 0 spiro atoms. The molecule has 4 heteroatoms. The zero-order chi connectivity index (χ0) is 13.9. The molecule has 1 heterocycles.